The van der Waals surface area contributed by atoms with Crippen LogP contribution in [0.4, 0.5) is 11.5 Å². The van der Waals surface area contributed by atoms with Crippen LogP contribution in [0.25, 0.3) is 5.95 Å². The van der Waals surface area contributed by atoms with E-state index in [-0.39, 0.29) is 6.04 Å². The van der Waals surface area contributed by atoms with Gasteiger partial charge in [-0.05, 0) is 42.1 Å². The summed E-state index contributed by atoms with van der Waals surface area (Å²) in [5, 5.41) is 16.9. The van der Waals surface area contributed by atoms with E-state index in [1.165, 1.54) is 12.8 Å². The van der Waals surface area contributed by atoms with Crippen LogP contribution in [0.15, 0.2) is 23.3 Å². The largest absolute Gasteiger partial charge is 0.342 e. The highest BCUT2D eigenvalue weighted by atomic mass is 79.9. The number of halogens is 1. The summed E-state index contributed by atoms with van der Waals surface area (Å²) in [6, 6.07) is 0.290. The van der Waals surface area contributed by atoms with E-state index in [1.807, 2.05) is 6.20 Å². The molecule has 1 aliphatic heterocycles. The number of amidine groups is 2. The Hall–Kier alpha value is -2.29. The maximum Gasteiger partial charge on any atom is 0.237 e. The van der Waals surface area contributed by atoms with Crippen molar-refractivity contribution in [1.29, 1.82) is 10.8 Å². The Labute approximate surface area is 166 Å². The lowest BCUT2D eigenvalue weighted by molar-refractivity contribution is 0.547. The Balaban J connectivity index is 1.88. The van der Waals surface area contributed by atoms with Crippen molar-refractivity contribution in [3.63, 3.8) is 0 Å². The third-order valence-electron chi connectivity index (χ3n) is 5.34. The van der Waals surface area contributed by atoms with Gasteiger partial charge in [0.15, 0.2) is 5.82 Å². The van der Waals surface area contributed by atoms with Crippen molar-refractivity contribution < 1.29 is 0 Å². The Morgan fingerprint density at radius 2 is 2.04 bits per heavy atom. The number of nitrogens with zero attached hydrogens (tertiary/aromatic N) is 6. The third-order valence-corrected chi connectivity index (χ3v) is 5.75. The SMILES string of the molecule is CCC1C(=N)N(C(C)=N)c2cnc(-n3cnc(Br)c3)nc2N1C1CCCC1. The first kappa shape index (κ1) is 18.1. The van der Waals surface area contributed by atoms with E-state index in [9.17, 15) is 0 Å². The number of anilines is 2. The maximum atomic E-state index is 8.75. The summed E-state index contributed by atoms with van der Waals surface area (Å²) in [4.78, 5) is 17.5. The predicted molar refractivity (Wildman–Crippen MR) is 109 cm³/mol. The van der Waals surface area contributed by atoms with Crippen LogP contribution in [0.3, 0.4) is 0 Å². The number of hydrogen-bond donors (Lipinski definition) is 2. The number of imidazole rings is 1. The molecule has 9 heteroatoms. The normalized spacial score (nSPS) is 20.3. The van der Waals surface area contributed by atoms with Crippen LogP contribution in [-0.4, -0.2) is 43.3 Å². The Bertz CT molecular complexity index is 885. The van der Waals surface area contributed by atoms with E-state index < -0.39 is 0 Å². The van der Waals surface area contributed by atoms with Gasteiger partial charge in [0.25, 0.3) is 0 Å². The smallest absolute Gasteiger partial charge is 0.237 e. The molecule has 8 nitrogen and oxygen atoms in total. The fourth-order valence-electron chi connectivity index (χ4n) is 4.16. The molecule has 0 aromatic carbocycles. The topological polar surface area (TPSA) is 97.8 Å². The van der Waals surface area contributed by atoms with Crippen molar-refractivity contribution >= 4 is 39.1 Å². The maximum absolute atomic E-state index is 8.75. The van der Waals surface area contributed by atoms with E-state index in [0.717, 1.165) is 29.7 Å². The molecule has 2 aromatic rings. The molecule has 2 N–H and O–H groups in total. The molecule has 0 radical (unpaired) electrons. The summed E-state index contributed by atoms with van der Waals surface area (Å²) in [7, 11) is 0. The first-order chi connectivity index (χ1) is 13.0. The first-order valence-corrected chi connectivity index (χ1v) is 10.1. The van der Waals surface area contributed by atoms with Gasteiger partial charge in [0.2, 0.25) is 5.95 Å². The molecule has 0 amide bonds. The van der Waals surface area contributed by atoms with Gasteiger partial charge in [-0.1, -0.05) is 19.8 Å². The molecule has 27 heavy (non-hydrogen) atoms. The zero-order valence-electron chi connectivity index (χ0n) is 15.5. The molecule has 1 aliphatic carbocycles. The fraction of sp³-hybridized carbons (Fsp3) is 0.500. The lowest BCUT2D eigenvalue weighted by Crippen LogP contribution is -2.57. The van der Waals surface area contributed by atoms with E-state index in [4.69, 9.17) is 15.8 Å². The lowest BCUT2D eigenvalue weighted by atomic mass is 10.0. The number of nitrogens with one attached hydrogen (secondary N) is 2. The van der Waals surface area contributed by atoms with Gasteiger partial charge in [0.05, 0.1) is 12.2 Å². The molecule has 1 fully saturated rings. The summed E-state index contributed by atoms with van der Waals surface area (Å²) < 4.78 is 2.50. The number of rotatable bonds is 3. The third kappa shape index (κ3) is 3.03. The molecule has 3 heterocycles. The summed E-state index contributed by atoms with van der Waals surface area (Å²) >= 11 is 3.36. The van der Waals surface area contributed by atoms with Gasteiger partial charge in [-0.15, -0.1) is 0 Å². The second-order valence-electron chi connectivity index (χ2n) is 7.06. The van der Waals surface area contributed by atoms with Crippen molar-refractivity contribution in [3.8, 4) is 5.95 Å². The Morgan fingerprint density at radius 3 is 2.63 bits per heavy atom. The highest BCUT2D eigenvalue weighted by molar-refractivity contribution is 9.10. The second-order valence-corrected chi connectivity index (χ2v) is 7.87. The summed E-state index contributed by atoms with van der Waals surface area (Å²) in [5.74, 6) is 2.10. The molecule has 0 saturated heterocycles. The monoisotopic (exact) mass is 430 g/mol. The molecule has 4 rings (SSSR count). The molecule has 2 aliphatic rings. The quantitative estimate of drug-likeness (QED) is 0.570. The molecular formula is C18H23BrN8. The predicted octanol–water partition coefficient (Wildman–Crippen LogP) is 3.75. The van der Waals surface area contributed by atoms with Crippen LogP contribution in [0, 0.1) is 10.8 Å². The second kappa shape index (κ2) is 7.03. The molecule has 1 atom stereocenters. The number of hydrogen-bond acceptors (Lipinski definition) is 6. The zero-order chi connectivity index (χ0) is 19.1. The average molecular weight is 431 g/mol. The van der Waals surface area contributed by atoms with Crippen molar-refractivity contribution in [1.82, 2.24) is 19.5 Å². The van der Waals surface area contributed by atoms with Crippen molar-refractivity contribution in [2.75, 3.05) is 9.80 Å². The van der Waals surface area contributed by atoms with Gasteiger partial charge < -0.3 is 4.90 Å². The molecule has 1 unspecified atom stereocenters. The van der Waals surface area contributed by atoms with Crippen LogP contribution in [0.1, 0.15) is 46.0 Å². The molecule has 0 spiro atoms. The van der Waals surface area contributed by atoms with E-state index in [2.05, 4.69) is 37.7 Å². The Morgan fingerprint density at radius 1 is 1.30 bits per heavy atom. The number of aromatic nitrogens is 4. The van der Waals surface area contributed by atoms with Crippen LogP contribution in [-0.2, 0) is 0 Å². The van der Waals surface area contributed by atoms with Crippen LogP contribution < -0.4 is 9.80 Å². The van der Waals surface area contributed by atoms with Gasteiger partial charge >= 0.3 is 0 Å². The Kier molecular flexibility index (Phi) is 4.71. The summed E-state index contributed by atoms with van der Waals surface area (Å²) in [6.45, 7) is 3.80. The van der Waals surface area contributed by atoms with Crippen molar-refractivity contribution in [2.45, 2.75) is 58.0 Å². The van der Waals surface area contributed by atoms with E-state index >= 15 is 0 Å². The molecule has 0 bridgehead atoms. The minimum Gasteiger partial charge on any atom is -0.342 e. The summed E-state index contributed by atoms with van der Waals surface area (Å²) in [6.07, 6.45) is 10.7. The molecule has 2 aromatic heterocycles. The van der Waals surface area contributed by atoms with Crippen LogP contribution in [0.2, 0.25) is 0 Å². The molecule has 142 valence electrons. The zero-order valence-corrected chi connectivity index (χ0v) is 17.1. The van der Waals surface area contributed by atoms with Gasteiger partial charge in [-0.3, -0.25) is 20.3 Å². The first-order valence-electron chi connectivity index (χ1n) is 9.30. The average Bonchev–Trinajstić information content (AvgIpc) is 3.31. The standard InChI is InChI=1S/C18H23BrN8/c1-3-13-16(21)26(11(2)20)14-8-22-18(25-9-15(19)23-10-25)24-17(14)27(13)12-6-4-5-7-12/h8-10,12-13,20-21H,3-7H2,1-2H3. The van der Waals surface area contributed by atoms with Crippen molar-refractivity contribution in [3.05, 3.63) is 23.3 Å². The molecular weight excluding hydrogens is 408 g/mol. The highest BCUT2D eigenvalue weighted by Gasteiger charge is 2.41. The van der Waals surface area contributed by atoms with Crippen LogP contribution in [0.5, 0.6) is 0 Å². The lowest BCUT2D eigenvalue weighted by Gasteiger charge is -2.45. The highest BCUT2D eigenvalue weighted by Crippen LogP contribution is 2.40. The number of fused-ring (bicyclic) bond motifs is 1. The summed E-state index contributed by atoms with van der Waals surface area (Å²) in [5.41, 5.74) is 0.715. The fourth-order valence-corrected chi connectivity index (χ4v) is 4.47. The van der Waals surface area contributed by atoms with Gasteiger partial charge in [-0.2, -0.15) is 4.98 Å². The van der Waals surface area contributed by atoms with Crippen LogP contribution >= 0.6 is 15.9 Å². The van der Waals surface area contributed by atoms with Gasteiger partial charge in [-0.25, -0.2) is 9.97 Å². The van der Waals surface area contributed by atoms with E-state index in [1.54, 1.807) is 28.9 Å². The van der Waals surface area contributed by atoms with E-state index in [0.29, 0.717) is 29.3 Å². The minimum absolute atomic E-state index is 0.0850. The van der Waals surface area contributed by atoms with Crippen molar-refractivity contribution in [2.24, 2.45) is 0 Å². The van der Waals surface area contributed by atoms with Gasteiger partial charge in [0.1, 0.15) is 28.3 Å². The van der Waals surface area contributed by atoms with Gasteiger partial charge in [0, 0.05) is 12.2 Å². The molecule has 1 saturated carbocycles. The minimum atomic E-state index is -0.0850.